The van der Waals surface area contributed by atoms with Gasteiger partial charge in [0.2, 0.25) is 0 Å². The van der Waals surface area contributed by atoms with Gasteiger partial charge in [-0.3, -0.25) is 0 Å². The van der Waals surface area contributed by atoms with Crippen LogP contribution in [0.2, 0.25) is 0 Å². The molecule has 0 aromatic rings. The molecule has 5 heteroatoms. The zero-order chi connectivity index (χ0) is 8.62. The Hall–Kier alpha value is -0.160. The van der Waals surface area contributed by atoms with E-state index in [1.807, 2.05) is 0 Å². The smallest absolute Gasteiger partial charge is 0.245 e. The maximum absolute atomic E-state index is 11.1. The Morgan fingerprint density at radius 1 is 1.30 bits per heavy atom. The molecule has 0 spiro atoms. The van der Waals surface area contributed by atoms with Gasteiger partial charge in [0.25, 0.3) is 0 Å². The minimum absolute atomic E-state index is 0.154. The molecule has 0 aliphatic heterocycles. The summed E-state index contributed by atoms with van der Waals surface area (Å²) in [7, 11) is -4.67. The van der Waals surface area contributed by atoms with Gasteiger partial charge in [0.1, 0.15) is 0 Å². The topological polar surface area (TPSA) is 43.4 Å². The molecule has 64 valence electrons. The Morgan fingerprint density at radius 2 is 1.60 bits per heavy atom. The van der Waals surface area contributed by atoms with Crippen molar-refractivity contribution >= 4 is 10.5 Å². The minimum Gasteiger partial charge on any atom is -0.245 e. The fourth-order valence-electron chi connectivity index (χ4n) is 0.141. The Balaban J connectivity index is 0. The molecule has 0 aliphatic carbocycles. The fourth-order valence-corrected chi connectivity index (χ4v) is 0.422. The summed E-state index contributed by atoms with van der Waals surface area (Å²) in [5.41, 5.74) is 0. The van der Waals surface area contributed by atoms with Crippen LogP contribution in [0.15, 0.2) is 0 Å². The summed E-state index contributed by atoms with van der Waals surface area (Å²) in [5.74, 6) is 0. The fraction of sp³-hybridized carbons (Fsp3) is 1.00. The summed E-state index contributed by atoms with van der Waals surface area (Å²) in [6, 6.07) is 0. The molecule has 0 aromatic heterocycles. The van der Waals surface area contributed by atoms with Crippen molar-refractivity contribution in [3.8, 4) is 0 Å². The highest BCUT2D eigenvalue weighted by atomic mass is 32.3. The van der Waals surface area contributed by atoms with Gasteiger partial charge in [-0.15, -0.1) is 0 Å². The first-order chi connectivity index (χ1) is 4.47. The lowest BCUT2D eigenvalue weighted by Gasteiger charge is -1.85. The maximum atomic E-state index is 11.1. The van der Waals surface area contributed by atoms with Crippen molar-refractivity contribution in [2.24, 2.45) is 0 Å². The largest absolute Gasteiger partial charge is 0.437 e. The predicted molar refractivity (Wildman–Crippen MR) is 37.6 cm³/mol. The third kappa shape index (κ3) is 24.9. The lowest BCUT2D eigenvalue weighted by Crippen LogP contribution is -1.95. The highest BCUT2D eigenvalue weighted by Crippen LogP contribution is 1.90. The van der Waals surface area contributed by atoms with Crippen molar-refractivity contribution in [2.75, 3.05) is 6.61 Å². The van der Waals surface area contributed by atoms with E-state index >= 15 is 0 Å². The SMILES string of the molecule is CCC.CCOS(=O)(=O)F. The lowest BCUT2D eigenvalue weighted by atomic mass is 10.6. The van der Waals surface area contributed by atoms with Crippen molar-refractivity contribution in [1.82, 2.24) is 0 Å². The Kier molecular flexibility index (Phi) is 8.70. The average Bonchev–Trinajstić information content (AvgIpc) is 1.63. The van der Waals surface area contributed by atoms with Gasteiger partial charge in [-0.2, -0.15) is 8.42 Å². The molecule has 0 N–H and O–H groups in total. The van der Waals surface area contributed by atoms with E-state index in [2.05, 4.69) is 18.0 Å². The van der Waals surface area contributed by atoms with Crippen molar-refractivity contribution in [1.29, 1.82) is 0 Å². The Labute approximate surface area is 61.6 Å². The molecular formula is C5H13FO3S. The highest BCUT2D eigenvalue weighted by molar-refractivity contribution is 7.81. The second-order valence-electron chi connectivity index (χ2n) is 1.51. The van der Waals surface area contributed by atoms with Crippen LogP contribution in [0, 0.1) is 0 Å². The van der Waals surface area contributed by atoms with E-state index in [4.69, 9.17) is 0 Å². The Morgan fingerprint density at radius 3 is 1.60 bits per heavy atom. The first kappa shape index (κ1) is 12.5. The van der Waals surface area contributed by atoms with E-state index in [0.717, 1.165) is 0 Å². The van der Waals surface area contributed by atoms with Crippen LogP contribution in [0.4, 0.5) is 3.89 Å². The number of rotatable bonds is 2. The van der Waals surface area contributed by atoms with E-state index in [-0.39, 0.29) is 6.61 Å². The van der Waals surface area contributed by atoms with E-state index < -0.39 is 10.5 Å². The molecule has 0 heterocycles. The number of halogens is 1. The zero-order valence-corrected chi connectivity index (χ0v) is 7.24. The molecule has 0 saturated carbocycles. The van der Waals surface area contributed by atoms with Crippen LogP contribution in [0.3, 0.4) is 0 Å². The molecule has 10 heavy (non-hydrogen) atoms. The van der Waals surface area contributed by atoms with Crippen LogP contribution in [-0.2, 0) is 14.7 Å². The minimum atomic E-state index is -4.67. The highest BCUT2D eigenvalue weighted by Gasteiger charge is 2.01. The van der Waals surface area contributed by atoms with Gasteiger partial charge >= 0.3 is 10.5 Å². The lowest BCUT2D eigenvalue weighted by molar-refractivity contribution is 0.311. The van der Waals surface area contributed by atoms with Crippen molar-refractivity contribution in [3.63, 3.8) is 0 Å². The van der Waals surface area contributed by atoms with Crippen LogP contribution in [0.5, 0.6) is 0 Å². The quantitative estimate of drug-likeness (QED) is 0.595. The van der Waals surface area contributed by atoms with Crippen LogP contribution >= 0.6 is 0 Å². The molecule has 0 radical (unpaired) electrons. The van der Waals surface area contributed by atoms with Gasteiger partial charge in [0, 0.05) is 0 Å². The molecule has 0 bridgehead atoms. The average molecular weight is 172 g/mol. The zero-order valence-electron chi connectivity index (χ0n) is 6.43. The monoisotopic (exact) mass is 172 g/mol. The second-order valence-corrected chi connectivity index (χ2v) is 2.53. The van der Waals surface area contributed by atoms with Crippen molar-refractivity contribution < 1.29 is 16.5 Å². The molecule has 0 fully saturated rings. The van der Waals surface area contributed by atoms with Crippen molar-refractivity contribution in [2.45, 2.75) is 27.2 Å². The summed E-state index contributed by atoms with van der Waals surface area (Å²) >= 11 is 0. The van der Waals surface area contributed by atoms with Crippen LogP contribution in [0.1, 0.15) is 27.2 Å². The van der Waals surface area contributed by atoms with E-state index in [1.165, 1.54) is 13.3 Å². The summed E-state index contributed by atoms with van der Waals surface area (Å²) in [5, 5.41) is 0. The van der Waals surface area contributed by atoms with Crippen LogP contribution in [-0.4, -0.2) is 15.0 Å². The molecule has 0 rings (SSSR count). The molecule has 0 atom stereocenters. The van der Waals surface area contributed by atoms with Gasteiger partial charge in [0.05, 0.1) is 6.61 Å². The number of hydrogen-bond donors (Lipinski definition) is 0. The van der Waals surface area contributed by atoms with E-state index in [9.17, 15) is 12.3 Å². The Bertz CT molecular complexity index is 141. The number of hydrogen-bond acceptors (Lipinski definition) is 3. The van der Waals surface area contributed by atoms with E-state index in [1.54, 1.807) is 0 Å². The van der Waals surface area contributed by atoms with Gasteiger partial charge < -0.3 is 0 Å². The molecule has 3 nitrogen and oxygen atoms in total. The molecule has 0 saturated heterocycles. The summed E-state index contributed by atoms with van der Waals surface area (Å²) < 4.78 is 33.4. The standard InChI is InChI=1S/C3H8.C2H5FO3S/c1-3-2;1-2-6-7(3,4)5/h3H2,1-2H3;2H2,1H3. The molecular weight excluding hydrogens is 159 g/mol. The van der Waals surface area contributed by atoms with Gasteiger partial charge in [0.15, 0.2) is 0 Å². The third-order valence-corrected chi connectivity index (χ3v) is 0.776. The first-order valence-corrected chi connectivity index (χ1v) is 4.37. The summed E-state index contributed by atoms with van der Waals surface area (Å²) in [6.45, 7) is 5.48. The second kappa shape index (κ2) is 6.95. The molecule has 0 amide bonds. The van der Waals surface area contributed by atoms with E-state index in [0.29, 0.717) is 0 Å². The van der Waals surface area contributed by atoms with Gasteiger partial charge in [-0.05, 0) is 6.92 Å². The molecule has 0 unspecified atom stereocenters. The third-order valence-electron chi connectivity index (χ3n) is 0.259. The predicted octanol–water partition coefficient (Wildman–Crippen LogP) is 1.65. The maximum Gasteiger partial charge on any atom is 0.437 e. The van der Waals surface area contributed by atoms with Crippen LogP contribution < -0.4 is 0 Å². The van der Waals surface area contributed by atoms with Crippen LogP contribution in [0.25, 0.3) is 0 Å². The van der Waals surface area contributed by atoms with Gasteiger partial charge in [-0.25, -0.2) is 4.18 Å². The molecule has 0 aliphatic rings. The normalized spacial score (nSPS) is 10.0. The van der Waals surface area contributed by atoms with Gasteiger partial charge in [-0.1, -0.05) is 24.2 Å². The van der Waals surface area contributed by atoms with Crippen molar-refractivity contribution in [3.05, 3.63) is 0 Å². The first-order valence-electron chi connectivity index (χ1n) is 3.06. The molecule has 0 aromatic carbocycles. The summed E-state index contributed by atoms with van der Waals surface area (Å²) in [4.78, 5) is 0. The summed E-state index contributed by atoms with van der Waals surface area (Å²) in [6.07, 6.45) is 1.25.